The van der Waals surface area contributed by atoms with E-state index in [0.29, 0.717) is 32.5 Å². The number of nitrogens with one attached hydrogen (secondary N) is 1. The molecule has 11 nitrogen and oxygen atoms in total. The fourth-order valence-electron chi connectivity index (χ4n) is 4.43. The largest absolute Gasteiger partial charge is 0.486 e. The molecule has 2 saturated heterocycles. The number of aliphatic carboxylic acids is 1. The monoisotopic (exact) mass is 465 g/mol. The van der Waals surface area contributed by atoms with Crippen molar-refractivity contribution in [2.45, 2.75) is 43.8 Å². The van der Waals surface area contributed by atoms with Crippen LogP contribution in [0.1, 0.15) is 19.3 Å². The highest BCUT2D eigenvalue weighted by Gasteiger charge is 2.39. The van der Waals surface area contributed by atoms with E-state index in [2.05, 4.69) is 5.32 Å². The lowest BCUT2D eigenvalue weighted by atomic mass is 9.77. The Morgan fingerprint density at radius 1 is 1.27 bits per heavy atom. The van der Waals surface area contributed by atoms with Gasteiger partial charge in [0.15, 0.2) is 0 Å². The van der Waals surface area contributed by atoms with Gasteiger partial charge in [-0.25, -0.2) is 4.79 Å². The molecule has 4 atom stereocenters. The average molecular weight is 465 g/mol. The van der Waals surface area contributed by atoms with Crippen LogP contribution in [0.3, 0.4) is 0 Å². The Kier molecular flexibility index (Phi) is 8.16. The summed E-state index contributed by atoms with van der Waals surface area (Å²) >= 11 is 0. The Labute approximate surface area is 192 Å². The zero-order chi connectivity index (χ0) is 24.3. The molecule has 33 heavy (non-hydrogen) atoms. The van der Waals surface area contributed by atoms with Crippen molar-refractivity contribution in [2.24, 2.45) is 11.8 Å². The molecule has 0 aromatic heterocycles. The number of allylic oxidation sites excluding steroid dienone is 1. The first-order valence-electron chi connectivity index (χ1n) is 11.2. The lowest BCUT2D eigenvalue weighted by molar-refractivity contribution is -0.144. The minimum absolute atomic E-state index is 0.00220. The SMILES string of the molecule is CN(C)C(=O)C1C[C@@H](CC(=O)N2CC(OC3=C(C(=O)O)C(O)C(CCB(O)O)C=C3)C2)CN1. The number of amides is 2. The van der Waals surface area contributed by atoms with Gasteiger partial charge in [0, 0.05) is 26.4 Å². The van der Waals surface area contributed by atoms with E-state index < -0.39 is 25.1 Å². The van der Waals surface area contributed by atoms with Crippen LogP contribution < -0.4 is 5.32 Å². The fourth-order valence-corrected chi connectivity index (χ4v) is 4.43. The van der Waals surface area contributed by atoms with E-state index >= 15 is 0 Å². The van der Waals surface area contributed by atoms with Crippen LogP contribution in [-0.2, 0) is 19.1 Å². The first kappa shape index (κ1) is 25.2. The lowest BCUT2D eigenvalue weighted by Gasteiger charge is -2.40. The maximum Gasteiger partial charge on any atom is 0.451 e. The van der Waals surface area contributed by atoms with E-state index in [0.717, 1.165) is 0 Å². The summed E-state index contributed by atoms with van der Waals surface area (Å²) in [6.45, 7) is 1.24. The summed E-state index contributed by atoms with van der Waals surface area (Å²) in [5.41, 5.74) is -0.270. The number of aliphatic hydroxyl groups excluding tert-OH is 1. The lowest BCUT2D eigenvalue weighted by Crippen LogP contribution is -2.55. The van der Waals surface area contributed by atoms with Gasteiger partial charge in [0.25, 0.3) is 0 Å². The van der Waals surface area contributed by atoms with Crippen molar-refractivity contribution in [3.8, 4) is 0 Å². The second kappa shape index (κ2) is 10.7. The number of carboxylic acids is 1. The van der Waals surface area contributed by atoms with Crippen molar-refractivity contribution in [3.05, 3.63) is 23.5 Å². The Hall–Kier alpha value is -2.41. The van der Waals surface area contributed by atoms with Gasteiger partial charge in [-0.1, -0.05) is 6.08 Å². The molecular formula is C21H32BN3O8. The van der Waals surface area contributed by atoms with Crippen molar-refractivity contribution < 1.29 is 39.4 Å². The van der Waals surface area contributed by atoms with Crippen molar-refractivity contribution in [2.75, 3.05) is 33.7 Å². The van der Waals surface area contributed by atoms with Crippen LogP contribution in [0, 0.1) is 11.8 Å². The number of carboxylic acid groups (broad SMARTS) is 1. The number of carbonyl (C=O) groups is 3. The molecule has 2 amide bonds. The summed E-state index contributed by atoms with van der Waals surface area (Å²) in [6, 6.07) is -0.263. The standard InChI is InChI=1S/C21H32BN3O8/c1-24(2)20(28)15-7-12(9-23-15)8-17(26)25-10-14(11-25)33-16-4-3-13(5-6-22(31)32)19(27)18(16)21(29)30/h3-4,12-15,19,23,27,31-32H,5-11H2,1-2H3,(H,29,30)/t12-,13?,15?,19?/m0/s1. The Morgan fingerprint density at radius 3 is 2.58 bits per heavy atom. The third-order valence-electron chi connectivity index (χ3n) is 6.37. The number of hydrogen-bond donors (Lipinski definition) is 5. The van der Waals surface area contributed by atoms with Gasteiger partial charge in [0.2, 0.25) is 11.8 Å². The van der Waals surface area contributed by atoms with Gasteiger partial charge >= 0.3 is 13.1 Å². The summed E-state index contributed by atoms with van der Waals surface area (Å²) in [5, 5.41) is 41.2. The fraction of sp³-hybridized carbons (Fsp3) is 0.667. The number of rotatable bonds is 9. The predicted molar refractivity (Wildman–Crippen MR) is 118 cm³/mol. The molecule has 0 spiro atoms. The van der Waals surface area contributed by atoms with E-state index in [1.54, 1.807) is 25.1 Å². The number of aliphatic hydroxyl groups is 1. The molecule has 12 heteroatoms. The quantitative estimate of drug-likeness (QED) is 0.253. The molecular weight excluding hydrogens is 433 g/mol. The predicted octanol–water partition coefficient (Wildman–Crippen LogP) is -1.58. The molecule has 3 rings (SSSR count). The van der Waals surface area contributed by atoms with E-state index in [9.17, 15) is 24.6 Å². The Bertz CT molecular complexity index is 824. The summed E-state index contributed by atoms with van der Waals surface area (Å²) in [7, 11) is 1.88. The third-order valence-corrected chi connectivity index (χ3v) is 6.37. The summed E-state index contributed by atoms with van der Waals surface area (Å²) in [5.74, 6) is -1.76. The number of nitrogens with zero attached hydrogens (tertiary/aromatic N) is 2. The maximum absolute atomic E-state index is 12.6. The van der Waals surface area contributed by atoms with Crippen LogP contribution in [0.5, 0.6) is 0 Å². The van der Waals surface area contributed by atoms with Gasteiger partial charge in [0.1, 0.15) is 17.4 Å². The van der Waals surface area contributed by atoms with Gasteiger partial charge in [-0.2, -0.15) is 0 Å². The first-order valence-corrected chi connectivity index (χ1v) is 11.2. The van der Waals surface area contributed by atoms with Gasteiger partial charge in [-0.3, -0.25) is 9.59 Å². The molecule has 0 bridgehead atoms. The van der Waals surface area contributed by atoms with Crippen molar-refractivity contribution in [1.82, 2.24) is 15.1 Å². The smallest absolute Gasteiger partial charge is 0.451 e. The number of likely N-dealkylation sites (tertiary alicyclic amines) is 1. The molecule has 0 radical (unpaired) electrons. The molecule has 5 N–H and O–H groups in total. The van der Waals surface area contributed by atoms with Gasteiger partial charge in [-0.15, -0.1) is 0 Å². The summed E-state index contributed by atoms with van der Waals surface area (Å²) in [6.07, 6.45) is 2.55. The summed E-state index contributed by atoms with van der Waals surface area (Å²) < 4.78 is 5.77. The molecule has 2 heterocycles. The molecule has 0 aromatic rings. The average Bonchev–Trinajstić information content (AvgIpc) is 3.16. The van der Waals surface area contributed by atoms with Crippen LogP contribution in [-0.4, -0.2) is 107 Å². The Morgan fingerprint density at radius 2 is 1.97 bits per heavy atom. The first-order chi connectivity index (χ1) is 15.6. The maximum atomic E-state index is 12.6. The molecule has 182 valence electrons. The number of likely N-dealkylation sites (N-methyl/N-ethyl adjacent to an activating group) is 1. The molecule has 2 fully saturated rings. The zero-order valence-electron chi connectivity index (χ0n) is 18.9. The van der Waals surface area contributed by atoms with Crippen LogP contribution in [0.4, 0.5) is 0 Å². The Balaban J connectivity index is 1.49. The minimum Gasteiger partial charge on any atom is -0.486 e. The van der Waals surface area contributed by atoms with Gasteiger partial charge in [0.05, 0.1) is 25.2 Å². The van der Waals surface area contributed by atoms with Crippen molar-refractivity contribution in [3.63, 3.8) is 0 Å². The zero-order valence-corrected chi connectivity index (χ0v) is 18.9. The molecule has 0 saturated carbocycles. The molecule has 0 aromatic carbocycles. The topological polar surface area (TPSA) is 160 Å². The van der Waals surface area contributed by atoms with Crippen LogP contribution in [0.25, 0.3) is 0 Å². The second-order valence-corrected chi connectivity index (χ2v) is 9.15. The van der Waals surface area contributed by atoms with E-state index in [1.807, 2.05) is 0 Å². The molecule has 1 aliphatic carbocycles. The molecule has 2 aliphatic heterocycles. The van der Waals surface area contributed by atoms with E-state index in [1.165, 1.54) is 11.0 Å². The summed E-state index contributed by atoms with van der Waals surface area (Å²) in [4.78, 5) is 39.5. The van der Waals surface area contributed by atoms with Crippen LogP contribution >= 0.6 is 0 Å². The number of hydrogen-bond acceptors (Lipinski definition) is 8. The highest BCUT2D eigenvalue weighted by Crippen LogP contribution is 2.31. The minimum atomic E-state index is -1.53. The highest BCUT2D eigenvalue weighted by atomic mass is 16.5. The van der Waals surface area contributed by atoms with E-state index in [-0.39, 0.29) is 54.0 Å². The normalized spacial score (nSPS) is 27.4. The molecule has 3 aliphatic rings. The number of carbonyl (C=O) groups excluding carboxylic acids is 2. The van der Waals surface area contributed by atoms with E-state index in [4.69, 9.17) is 14.8 Å². The van der Waals surface area contributed by atoms with Crippen molar-refractivity contribution >= 4 is 24.9 Å². The van der Waals surface area contributed by atoms with Crippen molar-refractivity contribution in [1.29, 1.82) is 0 Å². The van der Waals surface area contributed by atoms with Crippen LogP contribution in [0.2, 0.25) is 6.32 Å². The third kappa shape index (κ3) is 6.14. The number of ether oxygens (including phenoxy) is 1. The van der Waals surface area contributed by atoms with Gasteiger partial charge in [-0.05, 0) is 37.7 Å². The molecule has 3 unspecified atom stereocenters. The highest BCUT2D eigenvalue weighted by molar-refractivity contribution is 6.40. The van der Waals surface area contributed by atoms with Crippen LogP contribution in [0.15, 0.2) is 23.5 Å². The van der Waals surface area contributed by atoms with Gasteiger partial charge < -0.3 is 40.1 Å². The second-order valence-electron chi connectivity index (χ2n) is 9.15.